The van der Waals surface area contributed by atoms with Crippen LogP contribution < -0.4 is 5.32 Å². The molecule has 1 aromatic carbocycles. The number of carbonyl (C=O) groups excluding carboxylic acids is 1. The predicted molar refractivity (Wildman–Crippen MR) is 77.4 cm³/mol. The van der Waals surface area contributed by atoms with Gasteiger partial charge in [0.25, 0.3) is 0 Å². The number of carboxylic acids is 1. The molecule has 1 aromatic rings. The summed E-state index contributed by atoms with van der Waals surface area (Å²) in [6.07, 6.45) is 0. The minimum absolute atomic E-state index is 0.0214. The number of rotatable bonds is 7. The van der Waals surface area contributed by atoms with Gasteiger partial charge >= 0.3 is 5.97 Å². The maximum absolute atomic E-state index is 11.5. The van der Waals surface area contributed by atoms with Gasteiger partial charge in [0.15, 0.2) is 0 Å². The second kappa shape index (κ2) is 7.84. The molecule has 0 heterocycles. The van der Waals surface area contributed by atoms with Gasteiger partial charge in [-0.25, -0.2) is 4.79 Å². The van der Waals surface area contributed by atoms with E-state index in [4.69, 9.17) is 5.11 Å². The summed E-state index contributed by atoms with van der Waals surface area (Å²) in [6, 6.07) is 6.79. The third-order valence-electron chi connectivity index (χ3n) is 2.38. The molecule has 19 heavy (non-hydrogen) atoms. The highest BCUT2D eigenvalue weighted by molar-refractivity contribution is 7.99. The summed E-state index contributed by atoms with van der Waals surface area (Å²) in [6.45, 7) is 4.78. The number of thioether (sulfide) groups is 1. The molecule has 0 spiro atoms. The molecule has 0 radical (unpaired) electrons. The van der Waals surface area contributed by atoms with Crippen molar-refractivity contribution in [3.8, 4) is 0 Å². The Morgan fingerprint density at radius 3 is 2.74 bits per heavy atom. The zero-order valence-electron chi connectivity index (χ0n) is 11.2. The highest BCUT2D eigenvalue weighted by atomic mass is 32.2. The lowest BCUT2D eigenvalue weighted by molar-refractivity contribution is -0.118. The van der Waals surface area contributed by atoms with E-state index in [1.807, 2.05) is 19.9 Å². The van der Waals surface area contributed by atoms with Gasteiger partial charge in [-0.1, -0.05) is 26.0 Å². The lowest BCUT2D eigenvalue weighted by atomic mass is 10.1. The van der Waals surface area contributed by atoms with E-state index in [1.165, 1.54) is 11.8 Å². The Bertz CT molecular complexity index is 446. The van der Waals surface area contributed by atoms with Gasteiger partial charge in [0, 0.05) is 12.3 Å². The van der Waals surface area contributed by atoms with E-state index in [9.17, 15) is 9.59 Å². The molecule has 0 aliphatic rings. The molecule has 0 saturated heterocycles. The van der Waals surface area contributed by atoms with E-state index >= 15 is 0 Å². The first-order valence-corrected chi connectivity index (χ1v) is 7.31. The second-order valence-electron chi connectivity index (χ2n) is 4.70. The number of carboxylic acid groups (broad SMARTS) is 1. The van der Waals surface area contributed by atoms with Gasteiger partial charge in [-0.2, -0.15) is 0 Å². The van der Waals surface area contributed by atoms with Crippen LogP contribution in [0.3, 0.4) is 0 Å². The summed E-state index contributed by atoms with van der Waals surface area (Å²) in [7, 11) is 0. The number of hydrogen-bond donors (Lipinski definition) is 2. The van der Waals surface area contributed by atoms with Crippen LogP contribution in [-0.4, -0.2) is 29.3 Å². The lowest BCUT2D eigenvalue weighted by Crippen LogP contribution is -2.28. The first-order chi connectivity index (χ1) is 8.99. The molecular formula is C14H19NO3S. The predicted octanol–water partition coefficient (Wildman–Crippen LogP) is 2.39. The van der Waals surface area contributed by atoms with E-state index < -0.39 is 5.97 Å². The zero-order chi connectivity index (χ0) is 14.3. The number of aromatic carboxylic acids is 1. The average molecular weight is 281 g/mol. The molecule has 2 N–H and O–H groups in total. The van der Waals surface area contributed by atoms with Crippen molar-refractivity contribution in [2.45, 2.75) is 19.6 Å². The molecule has 0 unspecified atom stereocenters. The van der Waals surface area contributed by atoms with E-state index in [0.717, 1.165) is 5.56 Å². The van der Waals surface area contributed by atoms with Crippen molar-refractivity contribution in [2.75, 3.05) is 12.3 Å². The van der Waals surface area contributed by atoms with Crippen LogP contribution in [0.15, 0.2) is 24.3 Å². The molecule has 1 amide bonds. The molecule has 0 aliphatic carbocycles. The lowest BCUT2D eigenvalue weighted by Gasteiger charge is -2.07. The molecule has 0 fully saturated rings. The number of amides is 1. The third kappa shape index (κ3) is 6.29. The zero-order valence-corrected chi connectivity index (χ0v) is 12.0. The molecule has 0 saturated carbocycles. The maximum Gasteiger partial charge on any atom is 0.335 e. The fraction of sp³-hybridized carbons (Fsp3) is 0.429. The number of nitrogens with one attached hydrogen (secondary N) is 1. The minimum atomic E-state index is -0.929. The molecule has 0 atom stereocenters. The summed E-state index contributed by atoms with van der Waals surface area (Å²) in [5.41, 5.74) is 1.20. The normalized spacial score (nSPS) is 10.5. The van der Waals surface area contributed by atoms with Crippen molar-refractivity contribution >= 4 is 23.6 Å². The van der Waals surface area contributed by atoms with Crippen LogP contribution >= 0.6 is 11.8 Å². The molecular weight excluding hydrogens is 262 g/mol. The summed E-state index contributed by atoms with van der Waals surface area (Å²) in [5.74, 6) is 0.566. The van der Waals surface area contributed by atoms with Crippen LogP contribution in [0.2, 0.25) is 0 Å². The topological polar surface area (TPSA) is 66.4 Å². The van der Waals surface area contributed by atoms with Crippen LogP contribution in [0.25, 0.3) is 0 Å². The van der Waals surface area contributed by atoms with E-state index in [1.54, 1.807) is 18.2 Å². The van der Waals surface area contributed by atoms with Crippen LogP contribution in [0, 0.1) is 5.92 Å². The standard InChI is InChI=1S/C14H19NO3S/c1-10(2)7-15-13(16)9-19-8-11-4-3-5-12(6-11)14(17)18/h3-6,10H,7-9H2,1-2H3,(H,15,16)(H,17,18). The Morgan fingerprint density at radius 1 is 1.37 bits per heavy atom. The van der Waals surface area contributed by atoms with Gasteiger partial charge in [0.05, 0.1) is 11.3 Å². The van der Waals surface area contributed by atoms with Crippen LogP contribution in [0.4, 0.5) is 0 Å². The van der Waals surface area contributed by atoms with E-state index in [-0.39, 0.29) is 11.5 Å². The second-order valence-corrected chi connectivity index (χ2v) is 5.68. The highest BCUT2D eigenvalue weighted by Gasteiger charge is 2.05. The average Bonchev–Trinajstić information content (AvgIpc) is 2.36. The van der Waals surface area contributed by atoms with Gasteiger partial charge in [-0.15, -0.1) is 11.8 Å². The molecule has 1 rings (SSSR count). The van der Waals surface area contributed by atoms with Crippen molar-refractivity contribution in [3.63, 3.8) is 0 Å². The first kappa shape index (κ1) is 15.6. The molecule has 0 bridgehead atoms. The molecule has 4 nitrogen and oxygen atoms in total. The number of benzene rings is 1. The van der Waals surface area contributed by atoms with Crippen LogP contribution in [-0.2, 0) is 10.5 Å². The fourth-order valence-electron chi connectivity index (χ4n) is 1.42. The molecule has 5 heteroatoms. The minimum Gasteiger partial charge on any atom is -0.478 e. The van der Waals surface area contributed by atoms with E-state index in [0.29, 0.717) is 24.0 Å². The Kier molecular flexibility index (Phi) is 6.42. The molecule has 104 valence electrons. The quantitative estimate of drug-likeness (QED) is 0.805. The number of carbonyl (C=O) groups is 2. The largest absolute Gasteiger partial charge is 0.478 e. The Morgan fingerprint density at radius 2 is 2.11 bits per heavy atom. The maximum atomic E-state index is 11.5. The summed E-state index contributed by atoms with van der Waals surface area (Å²) >= 11 is 1.48. The van der Waals surface area contributed by atoms with Gasteiger partial charge in [0.2, 0.25) is 5.91 Å². The van der Waals surface area contributed by atoms with Gasteiger partial charge < -0.3 is 10.4 Å². The third-order valence-corrected chi connectivity index (χ3v) is 3.39. The monoisotopic (exact) mass is 281 g/mol. The highest BCUT2D eigenvalue weighted by Crippen LogP contribution is 2.13. The summed E-state index contributed by atoms with van der Waals surface area (Å²) < 4.78 is 0. The van der Waals surface area contributed by atoms with Gasteiger partial charge in [-0.3, -0.25) is 4.79 Å². The summed E-state index contributed by atoms with van der Waals surface area (Å²) in [5, 5.41) is 11.7. The van der Waals surface area contributed by atoms with Gasteiger partial charge in [-0.05, 0) is 23.6 Å². The fourth-order valence-corrected chi connectivity index (χ4v) is 2.23. The first-order valence-electron chi connectivity index (χ1n) is 6.15. The summed E-state index contributed by atoms with van der Waals surface area (Å²) in [4.78, 5) is 22.3. The van der Waals surface area contributed by atoms with Gasteiger partial charge in [0.1, 0.15) is 0 Å². The Hall–Kier alpha value is -1.49. The van der Waals surface area contributed by atoms with Crippen molar-refractivity contribution in [1.82, 2.24) is 5.32 Å². The molecule has 0 aliphatic heterocycles. The SMILES string of the molecule is CC(C)CNC(=O)CSCc1cccc(C(=O)O)c1. The molecule has 0 aromatic heterocycles. The van der Waals surface area contributed by atoms with Crippen molar-refractivity contribution < 1.29 is 14.7 Å². The van der Waals surface area contributed by atoms with Crippen molar-refractivity contribution in [2.24, 2.45) is 5.92 Å². The van der Waals surface area contributed by atoms with Crippen molar-refractivity contribution in [3.05, 3.63) is 35.4 Å². The Labute approximate surface area is 117 Å². The van der Waals surface area contributed by atoms with Crippen molar-refractivity contribution in [1.29, 1.82) is 0 Å². The van der Waals surface area contributed by atoms with E-state index in [2.05, 4.69) is 5.32 Å². The van der Waals surface area contributed by atoms with Crippen LogP contribution in [0.5, 0.6) is 0 Å². The van der Waals surface area contributed by atoms with Crippen LogP contribution in [0.1, 0.15) is 29.8 Å². The number of hydrogen-bond acceptors (Lipinski definition) is 3. The smallest absolute Gasteiger partial charge is 0.335 e. The Balaban J connectivity index is 2.35.